The number of hydrogen-bond donors (Lipinski definition) is 9. The number of aliphatic hydroxyl groups is 1. The number of amides is 5. The molecule has 2 aliphatic heterocycles. The predicted molar refractivity (Wildman–Crippen MR) is 293 cm³/mol. The van der Waals surface area contributed by atoms with Gasteiger partial charge in [0.2, 0.25) is 17.7 Å². The third-order valence-electron chi connectivity index (χ3n) is 13.2. The van der Waals surface area contributed by atoms with Crippen LogP contribution in [0.25, 0.3) is 0 Å². The largest absolute Gasteiger partial charge is 0.463 e. The van der Waals surface area contributed by atoms with Gasteiger partial charge in [-0.05, 0) is 77.0 Å². The van der Waals surface area contributed by atoms with Crippen molar-refractivity contribution >= 4 is 53.8 Å². The van der Waals surface area contributed by atoms with Gasteiger partial charge in [-0.3, -0.25) is 38.8 Å². The van der Waals surface area contributed by atoms with Crippen LogP contribution >= 0.6 is 0 Å². The molecule has 0 saturated carbocycles. The maximum absolute atomic E-state index is 12.5. The molecule has 2 rings (SSSR count). The van der Waals surface area contributed by atoms with Crippen molar-refractivity contribution in [3.8, 4) is 0 Å². The van der Waals surface area contributed by atoms with E-state index in [0.29, 0.717) is 90.4 Å². The van der Waals surface area contributed by atoms with Gasteiger partial charge in [0.05, 0.1) is 51.8 Å². The highest BCUT2D eigenvalue weighted by atomic mass is 17.1. The lowest BCUT2D eigenvalue weighted by molar-refractivity contribution is -0.272. The molecule has 478 valence electrons. The summed E-state index contributed by atoms with van der Waals surface area (Å²) in [7, 11) is 0. The lowest BCUT2D eigenvalue weighted by Gasteiger charge is -2.43. The van der Waals surface area contributed by atoms with E-state index in [-0.39, 0.29) is 76.6 Å². The van der Waals surface area contributed by atoms with E-state index in [4.69, 9.17) is 64.1 Å². The summed E-state index contributed by atoms with van der Waals surface area (Å²) in [6.07, 6.45) is 2.52. The molecule has 2 heterocycles. The molecule has 0 radical (unpaired) electrons. The molecule has 10 unspecified atom stereocenters. The molecular weight excluding hydrogens is 1100 g/mol. The average molecular weight is 1190 g/mol. The van der Waals surface area contributed by atoms with Gasteiger partial charge >= 0.3 is 36.1 Å². The Kier molecular flexibility index (Phi) is 38.2. The highest BCUT2D eigenvalue weighted by Crippen LogP contribution is 2.28. The standard InChI is InChI=1S/C54H95N7O22/c1-36(63)61-47-42(79-38(3)65)33-41(35-77-37(2)64)82-51(47)74-29-15-20-45(69)58-25-11-7-9-13-27-60-53(71)76-31-17-22-54(56,23-18-32-78-72)21-16-30-75-52(70)59-26-12-8-6-10-24-57-44(68)19-14-28-73-50-46(55)49(81-40(5)67)48(80-39(4)66)43(34-62)83-50/h41-43,46-51,62,72H,6-35,55-56H2,1-5H3,(H,57,68)(H,58,69)(H,59,70)(H,60,71)(H,61,63). The Morgan fingerprint density at radius 1 is 0.542 bits per heavy atom. The highest BCUT2D eigenvalue weighted by molar-refractivity contribution is 5.76. The second kappa shape index (κ2) is 43.1. The maximum Gasteiger partial charge on any atom is 0.407 e. The molecule has 2 aliphatic rings. The topological polar surface area (TPSA) is 408 Å². The second-order valence-corrected chi connectivity index (χ2v) is 20.6. The zero-order valence-electron chi connectivity index (χ0n) is 49.1. The fourth-order valence-electron chi connectivity index (χ4n) is 9.23. The third-order valence-corrected chi connectivity index (χ3v) is 13.2. The van der Waals surface area contributed by atoms with E-state index < -0.39 is 103 Å². The number of esters is 4. The van der Waals surface area contributed by atoms with Gasteiger partial charge in [0.25, 0.3) is 0 Å². The summed E-state index contributed by atoms with van der Waals surface area (Å²) in [6.45, 7) is 7.90. The monoisotopic (exact) mass is 1190 g/mol. The molecule has 29 nitrogen and oxygen atoms in total. The van der Waals surface area contributed by atoms with Gasteiger partial charge in [0.1, 0.15) is 24.9 Å². The first-order valence-corrected chi connectivity index (χ1v) is 28.9. The zero-order valence-corrected chi connectivity index (χ0v) is 49.1. The molecule has 10 atom stereocenters. The van der Waals surface area contributed by atoms with Gasteiger partial charge in [0.15, 0.2) is 24.8 Å². The number of unbranched alkanes of at least 4 members (excludes halogenated alkanes) is 6. The Labute approximate surface area is 486 Å². The Hall–Kier alpha value is -5.53. The summed E-state index contributed by atoms with van der Waals surface area (Å²) in [5.41, 5.74) is 12.3. The van der Waals surface area contributed by atoms with Crippen molar-refractivity contribution in [2.45, 2.75) is 217 Å². The summed E-state index contributed by atoms with van der Waals surface area (Å²) in [5, 5.41) is 32.6. The van der Waals surface area contributed by atoms with Crippen molar-refractivity contribution in [3.05, 3.63) is 0 Å². The number of rotatable bonds is 43. The second-order valence-electron chi connectivity index (χ2n) is 20.6. The summed E-state index contributed by atoms with van der Waals surface area (Å²) < 4.78 is 54.9. The number of aliphatic hydroxyl groups excluding tert-OH is 1. The molecule has 11 N–H and O–H groups in total. The molecule has 2 saturated heterocycles. The van der Waals surface area contributed by atoms with Gasteiger partial charge in [-0.25, -0.2) is 14.5 Å². The number of ether oxygens (including phenoxy) is 10. The number of carbonyl (C=O) groups excluding carboxylic acids is 9. The maximum atomic E-state index is 12.5. The van der Waals surface area contributed by atoms with E-state index in [1.54, 1.807) is 0 Å². The normalized spacial score (nSPS) is 21.9. The third kappa shape index (κ3) is 34.1. The first-order chi connectivity index (χ1) is 39.7. The summed E-state index contributed by atoms with van der Waals surface area (Å²) >= 11 is 0. The van der Waals surface area contributed by atoms with Crippen LogP contribution in [0.4, 0.5) is 9.59 Å². The van der Waals surface area contributed by atoms with Gasteiger partial charge in [-0.15, -0.1) is 0 Å². The Morgan fingerprint density at radius 2 is 1.01 bits per heavy atom. The molecule has 2 fully saturated rings. The average Bonchev–Trinajstić information content (AvgIpc) is 3.53. The van der Waals surface area contributed by atoms with Gasteiger partial charge < -0.3 is 90.5 Å². The number of alkyl carbamates (subject to hydrolysis) is 2. The highest BCUT2D eigenvalue weighted by Gasteiger charge is 2.49. The van der Waals surface area contributed by atoms with E-state index in [0.717, 1.165) is 38.5 Å². The fraction of sp³-hybridized carbons (Fsp3) is 0.833. The van der Waals surface area contributed by atoms with Gasteiger partial charge in [-0.2, -0.15) is 0 Å². The number of hydrogen-bond acceptors (Lipinski definition) is 24. The van der Waals surface area contributed by atoms with Crippen molar-refractivity contribution in [1.29, 1.82) is 0 Å². The Balaban J connectivity index is 1.51. The van der Waals surface area contributed by atoms with Crippen LogP contribution in [0.3, 0.4) is 0 Å². The quantitative estimate of drug-likeness (QED) is 0.0138. The van der Waals surface area contributed by atoms with Crippen LogP contribution in [0.1, 0.15) is 157 Å². The minimum Gasteiger partial charge on any atom is -0.463 e. The van der Waals surface area contributed by atoms with Gasteiger partial charge in [-0.1, -0.05) is 25.7 Å². The molecule has 0 aliphatic carbocycles. The van der Waals surface area contributed by atoms with Crippen LogP contribution in [0.15, 0.2) is 0 Å². The lowest BCUT2D eigenvalue weighted by Crippen LogP contribution is -2.64. The van der Waals surface area contributed by atoms with Crippen molar-refractivity contribution < 1.29 is 106 Å². The van der Waals surface area contributed by atoms with Crippen LogP contribution in [-0.4, -0.2) is 197 Å². The summed E-state index contributed by atoms with van der Waals surface area (Å²) in [4.78, 5) is 112. The molecule has 0 aromatic carbocycles. The first kappa shape index (κ1) is 73.6. The van der Waals surface area contributed by atoms with E-state index in [2.05, 4.69) is 31.5 Å². The van der Waals surface area contributed by atoms with Crippen molar-refractivity contribution in [1.82, 2.24) is 26.6 Å². The van der Waals surface area contributed by atoms with Crippen LogP contribution in [0.5, 0.6) is 0 Å². The molecule has 83 heavy (non-hydrogen) atoms. The molecule has 0 aromatic rings. The van der Waals surface area contributed by atoms with E-state index in [9.17, 15) is 48.3 Å². The lowest BCUT2D eigenvalue weighted by atomic mass is 9.85. The summed E-state index contributed by atoms with van der Waals surface area (Å²) in [5.74, 6) is -3.10. The van der Waals surface area contributed by atoms with Crippen LogP contribution in [0, 0.1) is 0 Å². The minimum atomic E-state index is -1.12. The SMILES string of the molecule is CC(=O)NC1C(OC(C)=O)CC(COC(C)=O)OC1OCCCC(=O)NCCCCCCNC(=O)OCCCC(N)(CCCOO)CCCOC(=O)NCCCCCCNC(=O)CCCOC1OC(CO)C(OC(C)=O)C(OC(C)=O)C1N. The van der Waals surface area contributed by atoms with Crippen molar-refractivity contribution in [2.24, 2.45) is 11.5 Å². The molecule has 0 bridgehead atoms. The van der Waals surface area contributed by atoms with Crippen molar-refractivity contribution in [3.63, 3.8) is 0 Å². The van der Waals surface area contributed by atoms with E-state index in [1.807, 2.05) is 0 Å². The molecule has 5 amide bonds. The van der Waals surface area contributed by atoms with Crippen LogP contribution in [0.2, 0.25) is 0 Å². The van der Waals surface area contributed by atoms with Crippen LogP contribution in [-0.2, 0) is 85.8 Å². The predicted octanol–water partition coefficient (Wildman–Crippen LogP) is 1.94. The molecule has 0 aromatic heterocycles. The first-order valence-electron chi connectivity index (χ1n) is 28.9. The van der Waals surface area contributed by atoms with Crippen LogP contribution < -0.4 is 38.1 Å². The zero-order chi connectivity index (χ0) is 61.4. The van der Waals surface area contributed by atoms with E-state index >= 15 is 0 Å². The molecule has 0 spiro atoms. The Morgan fingerprint density at radius 3 is 1.47 bits per heavy atom. The number of carbonyl (C=O) groups is 9. The molecule has 29 heteroatoms. The van der Waals surface area contributed by atoms with Gasteiger partial charge in [0, 0.05) is 85.6 Å². The molecular formula is C54H95N7O22. The number of nitrogens with one attached hydrogen (secondary N) is 5. The summed E-state index contributed by atoms with van der Waals surface area (Å²) in [6, 6.07) is -1.83. The smallest absolute Gasteiger partial charge is 0.407 e. The van der Waals surface area contributed by atoms with E-state index in [1.165, 1.54) is 34.6 Å². The Bertz CT molecular complexity index is 1940. The minimum absolute atomic E-state index is 0.0864. The number of nitrogens with two attached hydrogens (primary N) is 2. The fourth-order valence-corrected chi connectivity index (χ4v) is 9.23. The van der Waals surface area contributed by atoms with Crippen molar-refractivity contribution in [2.75, 3.05) is 72.4 Å².